The van der Waals surface area contributed by atoms with Gasteiger partial charge in [0.05, 0.1) is 6.04 Å². The summed E-state index contributed by atoms with van der Waals surface area (Å²) in [5, 5.41) is 2.26. The second-order valence-corrected chi connectivity index (χ2v) is 5.91. The molecular formula is C16H15BrClNO. The quantitative estimate of drug-likeness (QED) is 0.800. The molecule has 0 aromatic heterocycles. The second-order valence-electron chi connectivity index (χ2n) is 4.56. The van der Waals surface area contributed by atoms with E-state index in [1.165, 1.54) is 0 Å². The van der Waals surface area contributed by atoms with Gasteiger partial charge in [-0.1, -0.05) is 58.4 Å². The van der Waals surface area contributed by atoms with Gasteiger partial charge < -0.3 is 5.32 Å². The van der Waals surface area contributed by atoms with Crippen molar-refractivity contribution >= 4 is 33.4 Å². The fourth-order valence-electron chi connectivity index (χ4n) is 1.89. The number of benzene rings is 2. The topological polar surface area (TPSA) is 29.1 Å². The van der Waals surface area contributed by atoms with Gasteiger partial charge in [-0.3, -0.25) is 4.79 Å². The highest BCUT2D eigenvalue weighted by Gasteiger charge is 2.19. The molecule has 1 N–H and O–H groups in total. The Balaban J connectivity index is 2.02. The number of alkyl halides is 1. The summed E-state index contributed by atoms with van der Waals surface area (Å²) in [6.07, 6.45) is 0. The third kappa shape index (κ3) is 3.84. The maximum atomic E-state index is 12.1. The Hall–Kier alpha value is -1.32. The highest BCUT2D eigenvalue weighted by molar-refractivity contribution is 9.10. The Morgan fingerprint density at radius 3 is 2.25 bits per heavy atom. The van der Waals surface area contributed by atoms with Crippen LogP contribution >= 0.6 is 27.5 Å². The monoisotopic (exact) mass is 351 g/mol. The van der Waals surface area contributed by atoms with Gasteiger partial charge in [-0.05, 0) is 30.2 Å². The number of amides is 1. The van der Waals surface area contributed by atoms with Crippen LogP contribution in [-0.4, -0.2) is 5.91 Å². The van der Waals surface area contributed by atoms with Gasteiger partial charge in [0.2, 0.25) is 5.91 Å². The first-order valence-corrected chi connectivity index (χ1v) is 7.55. The molecule has 2 atom stereocenters. The van der Waals surface area contributed by atoms with Gasteiger partial charge in [0, 0.05) is 4.47 Å². The highest BCUT2D eigenvalue weighted by Crippen LogP contribution is 2.22. The first-order valence-electron chi connectivity index (χ1n) is 6.33. The second kappa shape index (κ2) is 6.91. The average Bonchev–Trinajstić information content (AvgIpc) is 2.48. The first kappa shape index (κ1) is 15.1. The Morgan fingerprint density at radius 2 is 1.65 bits per heavy atom. The molecule has 104 valence electrons. The minimum Gasteiger partial charge on any atom is -0.348 e. The lowest BCUT2D eigenvalue weighted by Gasteiger charge is -2.17. The van der Waals surface area contributed by atoms with Gasteiger partial charge in [-0.2, -0.15) is 0 Å². The summed E-state index contributed by atoms with van der Waals surface area (Å²) in [7, 11) is 0. The van der Waals surface area contributed by atoms with Gasteiger partial charge in [-0.15, -0.1) is 11.6 Å². The van der Waals surface area contributed by atoms with E-state index >= 15 is 0 Å². The van der Waals surface area contributed by atoms with Gasteiger partial charge in [0.25, 0.3) is 0 Å². The third-order valence-corrected chi connectivity index (χ3v) is 4.03. The SMILES string of the molecule is CC(NC(=O)C(Cl)c1ccccc1)c1ccc(Br)cc1. The van der Waals surface area contributed by atoms with Crippen LogP contribution in [0.3, 0.4) is 0 Å². The van der Waals surface area contributed by atoms with Gasteiger partial charge in [0.15, 0.2) is 0 Å². The van der Waals surface area contributed by atoms with E-state index in [1.807, 2.05) is 61.5 Å². The number of hydrogen-bond acceptors (Lipinski definition) is 1. The summed E-state index contributed by atoms with van der Waals surface area (Å²) in [5.41, 5.74) is 1.84. The Bertz CT molecular complexity index is 571. The molecular weight excluding hydrogens is 338 g/mol. The molecule has 1 amide bonds. The molecule has 4 heteroatoms. The molecule has 0 saturated carbocycles. The number of halogens is 2. The van der Waals surface area contributed by atoms with Crippen LogP contribution in [0.4, 0.5) is 0 Å². The van der Waals surface area contributed by atoms with Crippen LogP contribution < -0.4 is 5.32 Å². The highest BCUT2D eigenvalue weighted by atomic mass is 79.9. The van der Waals surface area contributed by atoms with Crippen LogP contribution in [0.5, 0.6) is 0 Å². The lowest BCUT2D eigenvalue weighted by molar-refractivity contribution is -0.121. The smallest absolute Gasteiger partial charge is 0.243 e. The number of hydrogen-bond donors (Lipinski definition) is 1. The van der Waals surface area contributed by atoms with Crippen LogP contribution in [0, 0.1) is 0 Å². The molecule has 2 aromatic rings. The zero-order valence-electron chi connectivity index (χ0n) is 11.0. The summed E-state index contributed by atoms with van der Waals surface area (Å²) in [4.78, 5) is 12.1. The molecule has 0 bridgehead atoms. The molecule has 0 aliphatic carbocycles. The maximum absolute atomic E-state index is 12.1. The standard InChI is InChI=1S/C16H15BrClNO/c1-11(12-7-9-14(17)10-8-12)19-16(20)15(18)13-5-3-2-4-6-13/h2-11,15H,1H3,(H,19,20). The van der Waals surface area contributed by atoms with Crippen LogP contribution in [0.15, 0.2) is 59.1 Å². The predicted octanol–water partition coefficient (Wildman–Crippen LogP) is 4.61. The van der Waals surface area contributed by atoms with E-state index in [0.29, 0.717) is 0 Å². The molecule has 0 aliphatic heterocycles. The van der Waals surface area contributed by atoms with E-state index < -0.39 is 5.38 Å². The average molecular weight is 353 g/mol. The van der Waals surface area contributed by atoms with Gasteiger partial charge in [-0.25, -0.2) is 0 Å². The predicted molar refractivity (Wildman–Crippen MR) is 85.7 cm³/mol. The van der Waals surface area contributed by atoms with Crippen molar-refractivity contribution in [3.8, 4) is 0 Å². The van der Waals surface area contributed by atoms with Crippen molar-refractivity contribution in [2.75, 3.05) is 0 Å². The largest absolute Gasteiger partial charge is 0.348 e. The van der Waals surface area contributed by atoms with Crippen LogP contribution in [0.2, 0.25) is 0 Å². The number of rotatable bonds is 4. The minimum absolute atomic E-state index is 0.0828. The fraction of sp³-hybridized carbons (Fsp3) is 0.188. The van der Waals surface area contributed by atoms with E-state index in [9.17, 15) is 4.79 Å². The number of carbonyl (C=O) groups is 1. The van der Waals surface area contributed by atoms with Crippen molar-refractivity contribution in [2.45, 2.75) is 18.3 Å². The Labute approximate surface area is 132 Å². The molecule has 2 rings (SSSR count). The van der Waals surface area contributed by atoms with Crippen LogP contribution in [0.1, 0.15) is 29.5 Å². The maximum Gasteiger partial charge on any atom is 0.243 e. The summed E-state index contributed by atoms with van der Waals surface area (Å²) >= 11 is 9.58. The molecule has 0 saturated heterocycles. The normalized spacial score (nSPS) is 13.6. The van der Waals surface area contributed by atoms with E-state index in [4.69, 9.17) is 11.6 Å². The fourth-order valence-corrected chi connectivity index (χ4v) is 2.37. The van der Waals surface area contributed by atoms with Gasteiger partial charge in [0.1, 0.15) is 5.38 Å². The lowest BCUT2D eigenvalue weighted by atomic mass is 10.1. The van der Waals surface area contributed by atoms with E-state index in [-0.39, 0.29) is 11.9 Å². The van der Waals surface area contributed by atoms with Crippen molar-refractivity contribution in [3.63, 3.8) is 0 Å². The van der Waals surface area contributed by atoms with E-state index in [1.54, 1.807) is 0 Å². The number of nitrogens with one attached hydrogen (secondary N) is 1. The van der Waals surface area contributed by atoms with Crippen molar-refractivity contribution < 1.29 is 4.79 Å². The molecule has 0 heterocycles. The first-order chi connectivity index (χ1) is 9.58. The van der Waals surface area contributed by atoms with Gasteiger partial charge >= 0.3 is 0 Å². The molecule has 0 aliphatic rings. The molecule has 2 aromatic carbocycles. The minimum atomic E-state index is -0.672. The van der Waals surface area contributed by atoms with Crippen molar-refractivity contribution in [1.29, 1.82) is 0 Å². The molecule has 0 radical (unpaired) electrons. The molecule has 0 spiro atoms. The summed E-state index contributed by atoms with van der Waals surface area (Å²) in [6, 6.07) is 17.1. The van der Waals surface area contributed by atoms with Crippen molar-refractivity contribution in [1.82, 2.24) is 5.32 Å². The van der Waals surface area contributed by atoms with Crippen molar-refractivity contribution in [3.05, 3.63) is 70.2 Å². The number of carbonyl (C=O) groups excluding carboxylic acids is 1. The summed E-state index contributed by atoms with van der Waals surface area (Å²) in [6.45, 7) is 1.94. The molecule has 2 unspecified atom stereocenters. The zero-order chi connectivity index (χ0) is 14.5. The summed E-state index contributed by atoms with van der Waals surface area (Å²) in [5.74, 6) is -0.187. The van der Waals surface area contributed by atoms with E-state index in [0.717, 1.165) is 15.6 Å². The lowest BCUT2D eigenvalue weighted by Crippen LogP contribution is -2.29. The Kier molecular flexibility index (Phi) is 5.21. The summed E-state index contributed by atoms with van der Waals surface area (Å²) < 4.78 is 1.01. The third-order valence-electron chi connectivity index (χ3n) is 3.05. The van der Waals surface area contributed by atoms with Crippen molar-refractivity contribution in [2.24, 2.45) is 0 Å². The zero-order valence-corrected chi connectivity index (χ0v) is 13.4. The molecule has 20 heavy (non-hydrogen) atoms. The molecule has 2 nitrogen and oxygen atoms in total. The van der Waals surface area contributed by atoms with E-state index in [2.05, 4.69) is 21.2 Å². The Morgan fingerprint density at radius 1 is 1.05 bits per heavy atom. The molecule has 0 fully saturated rings. The van der Waals surface area contributed by atoms with Crippen LogP contribution in [-0.2, 0) is 4.79 Å². The van der Waals surface area contributed by atoms with Crippen LogP contribution in [0.25, 0.3) is 0 Å².